The fourth-order valence-electron chi connectivity index (χ4n) is 1.57. The lowest BCUT2D eigenvalue weighted by molar-refractivity contribution is 0.0671. The molecule has 0 bridgehead atoms. The molecule has 0 heterocycles. The Hall–Kier alpha value is -0.460. The van der Waals surface area contributed by atoms with Crippen LogP contribution in [0.4, 0.5) is 4.39 Å². The molecule has 0 aliphatic carbocycles. The molecule has 0 radical (unpaired) electrons. The van der Waals surface area contributed by atoms with E-state index in [9.17, 15) is 9.18 Å². The molecular weight excluding hydrogens is 381 g/mol. The van der Waals surface area contributed by atoms with Crippen LogP contribution in [0.1, 0.15) is 17.3 Å². The fourth-order valence-corrected chi connectivity index (χ4v) is 2.21. The molecule has 6 heteroatoms. The van der Waals surface area contributed by atoms with Crippen LogP contribution in [0.15, 0.2) is 22.7 Å². The van der Waals surface area contributed by atoms with Gasteiger partial charge in [0.2, 0.25) is 0 Å². The molecule has 0 fully saturated rings. The monoisotopic (exact) mass is 395 g/mol. The fraction of sp³-hybridized carbons (Fsp3) is 0.462. The summed E-state index contributed by atoms with van der Waals surface area (Å²) in [7, 11) is 0. The lowest BCUT2D eigenvalue weighted by Gasteiger charge is -2.21. The highest BCUT2D eigenvalue weighted by molar-refractivity contribution is 9.10. The molecule has 0 saturated carbocycles. The molecule has 1 rings (SSSR count). The molecular formula is C13H16Br2FNO2. The summed E-state index contributed by atoms with van der Waals surface area (Å²) in [5.74, 6) is -0.616. The maximum Gasteiger partial charge on any atom is 0.255 e. The van der Waals surface area contributed by atoms with Crippen molar-refractivity contribution in [1.29, 1.82) is 0 Å². The number of halogens is 3. The molecule has 0 atom stereocenters. The van der Waals surface area contributed by atoms with Crippen LogP contribution in [-0.4, -0.2) is 42.4 Å². The van der Waals surface area contributed by atoms with Gasteiger partial charge in [0.25, 0.3) is 5.91 Å². The van der Waals surface area contributed by atoms with Crippen LogP contribution >= 0.6 is 31.9 Å². The largest absolute Gasteiger partial charge is 0.379 e. The molecule has 0 aliphatic heterocycles. The SMILES string of the molecule is CCN(CCOCCBr)C(=O)c1cc(F)ccc1Br. The number of alkyl halides is 1. The Kier molecular flexibility index (Phi) is 7.56. The van der Waals surface area contributed by atoms with E-state index in [2.05, 4.69) is 31.9 Å². The normalized spacial score (nSPS) is 10.5. The van der Waals surface area contributed by atoms with E-state index in [1.807, 2.05) is 6.92 Å². The smallest absolute Gasteiger partial charge is 0.255 e. The minimum Gasteiger partial charge on any atom is -0.379 e. The highest BCUT2D eigenvalue weighted by Gasteiger charge is 2.17. The van der Waals surface area contributed by atoms with Gasteiger partial charge < -0.3 is 9.64 Å². The second kappa shape index (κ2) is 8.66. The third kappa shape index (κ3) is 5.20. The number of benzene rings is 1. The number of hydrogen-bond acceptors (Lipinski definition) is 2. The van der Waals surface area contributed by atoms with E-state index >= 15 is 0 Å². The van der Waals surface area contributed by atoms with Gasteiger partial charge in [-0.1, -0.05) is 15.9 Å². The van der Waals surface area contributed by atoms with Crippen molar-refractivity contribution in [2.24, 2.45) is 0 Å². The van der Waals surface area contributed by atoms with Gasteiger partial charge in [-0.3, -0.25) is 4.79 Å². The van der Waals surface area contributed by atoms with Crippen LogP contribution in [0.2, 0.25) is 0 Å². The first-order valence-corrected chi connectivity index (χ1v) is 7.89. The third-order valence-electron chi connectivity index (χ3n) is 2.55. The Morgan fingerprint density at radius 3 is 2.79 bits per heavy atom. The minimum absolute atomic E-state index is 0.198. The maximum atomic E-state index is 13.2. The van der Waals surface area contributed by atoms with Crippen LogP contribution in [-0.2, 0) is 4.74 Å². The summed E-state index contributed by atoms with van der Waals surface area (Å²) in [6, 6.07) is 4.10. The number of carbonyl (C=O) groups excluding carboxylic acids is 1. The van der Waals surface area contributed by atoms with E-state index in [0.29, 0.717) is 36.3 Å². The summed E-state index contributed by atoms with van der Waals surface area (Å²) in [6.07, 6.45) is 0. The Balaban J connectivity index is 2.69. The van der Waals surface area contributed by atoms with Gasteiger partial charge in [0.1, 0.15) is 5.82 Å². The standard InChI is InChI=1S/C13H16Br2FNO2/c1-2-17(6-8-19-7-5-14)13(18)11-9-10(16)3-4-12(11)15/h3-4,9H,2,5-8H2,1H3. The summed E-state index contributed by atoms with van der Waals surface area (Å²) in [5, 5.41) is 0.766. The highest BCUT2D eigenvalue weighted by atomic mass is 79.9. The van der Waals surface area contributed by atoms with Crippen molar-refractivity contribution in [2.75, 3.05) is 31.6 Å². The average molecular weight is 397 g/mol. The number of ether oxygens (including phenoxy) is 1. The molecule has 1 aromatic carbocycles. The van der Waals surface area contributed by atoms with E-state index in [0.717, 1.165) is 5.33 Å². The van der Waals surface area contributed by atoms with E-state index in [1.54, 1.807) is 4.90 Å². The van der Waals surface area contributed by atoms with Crippen molar-refractivity contribution in [2.45, 2.75) is 6.92 Å². The van der Waals surface area contributed by atoms with E-state index in [1.165, 1.54) is 18.2 Å². The topological polar surface area (TPSA) is 29.5 Å². The Labute approximate surface area is 129 Å². The zero-order chi connectivity index (χ0) is 14.3. The van der Waals surface area contributed by atoms with E-state index in [4.69, 9.17) is 4.74 Å². The Bertz CT molecular complexity index is 429. The number of nitrogens with zero attached hydrogens (tertiary/aromatic N) is 1. The molecule has 19 heavy (non-hydrogen) atoms. The molecule has 0 saturated heterocycles. The second-order valence-electron chi connectivity index (χ2n) is 3.81. The van der Waals surface area contributed by atoms with Crippen LogP contribution < -0.4 is 0 Å². The molecule has 1 aromatic rings. The zero-order valence-corrected chi connectivity index (χ0v) is 13.8. The lowest BCUT2D eigenvalue weighted by atomic mass is 10.2. The summed E-state index contributed by atoms with van der Waals surface area (Å²) in [6.45, 7) is 4.01. The molecule has 0 aliphatic rings. The Morgan fingerprint density at radius 2 is 2.16 bits per heavy atom. The number of rotatable bonds is 7. The van der Waals surface area contributed by atoms with Crippen molar-refractivity contribution < 1.29 is 13.9 Å². The van der Waals surface area contributed by atoms with Gasteiger partial charge in [-0.25, -0.2) is 4.39 Å². The van der Waals surface area contributed by atoms with Gasteiger partial charge in [0.15, 0.2) is 0 Å². The van der Waals surface area contributed by atoms with Gasteiger partial charge in [0, 0.05) is 22.9 Å². The minimum atomic E-state index is -0.418. The van der Waals surface area contributed by atoms with Gasteiger partial charge in [0.05, 0.1) is 18.8 Å². The zero-order valence-electron chi connectivity index (χ0n) is 10.7. The van der Waals surface area contributed by atoms with E-state index in [-0.39, 0.29) is 5.91 Å². The predicted octanol–water partition coefficient (Wildman–Crippen LogP) is 3.46. The first-order chi connectivity index (χ1) is 9.10. The lowest BCUT2D eigenvalue weighted by Crippen LogP contribution is -2.34. The van der Waals surface area contributed by atoms with Gasteiger partial charge in [-0.2, -0.15) is 0 Å². The van der Waals surface area contributed by atoms with Gasteiger partial charge in [-0.05, 0) is 41.1 Å². The van der Waals surface area contributed by atoms with Crippen LogP contribution in [0.5, 0.6) is 0 Å². The molecule has 0 spiro atoms. The summed E-state index contributed by atoms with van der Waals surface area (Å²) < 4.78 is 19.1. The van der Waals surface area contributed by atoms with Crippen LogP contribution in [0, 0.1) is 5.82 Å². The first kappa shape index (κ1) is 16.6. The molecule has 1 amide bonds. The van der Waals surface area contributed by atoms with Crippen LogP contribution in [0.25, 0.3) is 0 Å². The third-order valence-corrected chi connectivity index (χ3v) is 3.57. The Morgan fingerprint density at radius 1 is 1.42 bits per heavy atom. The summed E-state index contributed by atoms with van der Waals surface area (Å²) in [5.41, 5.74) is 0.336. The molecule has 0 unspecified atom stereocenters. The predicted molar refractivity (Wildman–Crippen MR) is 80.3 cm³/mol. The highest BCUT2D eigenvalue weighted by Crippen LogP contribution is 2.19. The van der Waals surface area contributed by atoms with Crippen molar-refractivity contribution in [1.82, 2.24) is 4.90 Å². The molecule has 3 nitrogen and oxygen atoms in total. The van der Waals surface area contributed by atoms with Crippen molar-refractivity contribution in [3.63, 3.8) is 0 Å². The quantitative estimate of drug-likeness (QED) is 0.521. The summed E-state index contributed by atoms with van der Waals surface area (Å²) in [4.78, 5) is 13.9. The van der Waals surface area contributed by atoms with Crippen molar-refractivity contribution in [3.8, 4) is 0 Å². The van der Waals surface area contributed by atoms with E-state index < -0.39 is 5.82 Å². The van der Waals surface area contributed by atoms with Crippen molar-refractivity contribution in [3.05, 3.63) is 34.1 Å². The van der Waals surface area contributed by atoms with Crippen molar-refractivity contribution >= 4 is 37.8 Å². The summed E-state index contributed by atoms with van der Waals surface area (Å²) >= 11 is 6.53. The molecule has 0 N–H and O–H groups in total. The number of hydrogen-bond donors (Lipinski definition) is 0. The van der Waals surface area contributed by atoms with Crippen LogP contribution in [0.3, 0.4) is 0 Å². The number of likely N-dealkylation sites (N-methyl/N-ethyl adjacent to an activating group) is 1. The average Bonchev–Trinajstić information content (AvgIpc) is 2.41. The number of carbonyl (C=O) groups is 1. The molecule has 106 valence electrons. The van der Waals surface area contributed by atoms with Gasteiger partial charge >= 0.3 is 0 Å². The number of amides is 1. The first-order valence-electron chi connectivity index (χ1n) is 5.98. The molecule has 0 aromatic heterocycles. The second-order valence-corrected chi connectivity index (χ2v) is 5.46. The maximum absolute atomic E-state index is 13.2. The van der Waals surface area contributed by atoms with Gasteiger partial charge in [-0.15, -0.1) is 0 Å².